The summed E-state index contributed by atoms with van der Waals surface area (Å²) in [6, 6.07) is 32.3. The molecule has 4 aromatic carbocycles. The molecule has 0 unspecified atom stereocenters. The van der Waals surface area contributed by atoms with Crippen molar-refractivity contribution in [2.75, 3.05) is 7.11 Å². The summed E-state index contributed by atoms with van der Waals surface area (Å²) in [5.41, 5.74) is 4.15. The summed E-state index contributed by atoms with van der Waals surface area (Å²) < 4.78 is 10.8. The minimum absolute atomic E-state index is 0.0942. The van der Waals surface area contributed by atoms with Gasteiger partial charge in [0.2, 0.25) is 0 Å². The van der Waals surface area contributed by atoms with Crippen LogP contribution in [0.25, 0.3) is 51.1 Å². The molecular formula is C31H20N2O2. The van der Waals surface area contributed by atoms with Crippen LogP contribution >= 0.6 is 0 Å². The van der Waals surface area contributed by atoms with E-state index in [4.69, 9.17) is 19.7 Å². The maximum Gasteiger partial charge on any atom is 0.284 e. The van der Waals surface area contributed by atoms with E-state index in [1.807, 2.05) is 42.5 Å². The van der Waals surface area contributed by atoms with Crippen LogP contribution in [0, 0.1) is 22.7 Å². The first-order valence-corrected chi connectivity index (χ1v) is 11.1. The van der Waals surface area contributed by atoms with E-state index < -0.39 is 0 Å². The number of rotatable bonds is 5. The first-order chi connectivity index (χ1) is 17.1. The van der Waals surface area contributed by atoms with Crippen LogP contribution in [0.4, 0.5) is 0 Å². The molecule has 0 fully saturated rings. The minimum Gasteiger partial charge on any atom is -0.468 e. The Morgan fingerprint density at radius 2 is 1.23 bits per heavy atom. The van der Waals surface area contributed by atoms with Gasteiger partial charge in [0.1, 0.15) is 23.5 Å². The largest absolute Gasteiger partial charge is 0.468 e. The summed E-state index contributed by atoms with van der Waals surface area (Å²) in [5.74, 6) is 1.28. The Morgan fingerprint density at radius 1 is 0.686 bits per heavy atom. The van der Waals surface area contributed by atoms with Gasteiger partial charge in [0.05, 0.1) is 7.11 Å². The van der Waals surface area contributed by atoms with Crippen molar-refractivity contribution >= 4 is 39.8 Å². The maximum atomic E-state index is 8.96. The highest BCUT2D eigenvalue weighted by Gasteiger charge is 2.06. The molecule has 0 N–H and O–H groups in total. The van der Waals surface area contributed by atoms with E-state index in [2.05, 4.69) is 66.7 Å². The van der Waals surface area contributed by atoms with Gasteiger partial charge in [-0.15, -0.1) is 0 Å². The highest BCUT2D eigenvalue weighted by atomic mass is 16.6. The molecule has 5 rings (SSSR count). The van der Waals surface area contributed by atoms with Gasteiger partial charge in [-0.3, -0.25) is 0 Å². The van der Waals surface area contributed by atoms with Gasteiger partial charge in [0.25, 0.3) is 5.95 Å². The molecule has 0 bridgehead atoms. The fourth-order valence-corrected chi connectivity index (χ4v) is 4.03. The highest BCUT2D eigenvalue weighted by molar-refractivity contribution is 5.91. The van der Waals surface area contributed by atoms with Crippen molar-refractivity contribution in [1.29, 1.82) is 10.5 Å². The lowest BCUT2D eigenvalue weighted by Crippen LogP contribution is -1.81. The molecule has 0 saturated heterocycles. The minimum atomic E-state index is 0.0942. The van der Waals surface area contributed by atoms with Crippen molar-refractivity contribution in [3.05, 3.63) is 107 Å². The average molecular weight is 453 g/mol. The third kappa shape index (κ3) is 4.69. The fourth-order valence-electron chi connectivity index (χ4n) is 4.03. The molecule has 0 radical (unpaired) electrons. The molecule has 1 aromatic heterocycles. The number of nitrogens with zero attached hydrogens (tertiary/aromatic N) is 2. The molecule has 166 valence electrons. The molecule has 4 nitrogen and oxygen atoms in total. The molecular weight excluding hydrogens is 432 g/mol. The second-order valence-electron chi connectivity index (χ2n) is 8.13. The molecule has 4 heteroatoms. The average Bonchev–Trinajstić information content (AvgIpc) is 3.39. The number of methoxy groups -OCH3 is 1. The van der Waals surface area contributed by atoms with Crippen LogP contribution in [-0.4, -0.2) is 7.11 Å². The second-order valence-corrected chi connectivity index (χ2v) is 8.13. The molecule has 0 aliphatic heterocycles. The van der Waals surface area contributed by atoms with Crippen LogP contribution in [0.15, 0.2) is 94.9 Å². The summed E-state index contributed by atoms with van der Waals surface area (Å²) in [6.45, 7) is 0. The van der Waals surface area contributed by atoms with E-state index >= 15 is 0 Å². The Labute approximate surface area is 203 Å². The topological polar surface area (TPSA) is 69.9 Å². The molecule has 0 aliphatic rings. The number of ether oxygens (including phenoxy) is 1. The van der Waals surface area contributed by atoms with Crippen LogP contribution in [0.5, 0.6) is 5.95 Å². The zero-order chi connectivity index (χ0) is 24.2. The van der Waals surface area contributed by atoms with Crippen LogP contribution in [0.1, 0.15) is 16.7 Å². The summed E-state index contributed by atoms with van der Waals surface area (Å²) >= 11 is 0. The Balaban J connectivity index is 1.37. The molecule has 35 heavy (non-hydrogen) atoms. The van der Waals surface area contributed by atoms with Crippen molar-refractivity contribution in [2.45, 2.75) is 0 Å². The van der Waals surface area contributed by atoms with Gasteiger partial charge >= 0.3 is 0 Å². The lowest BCUT2D eigenvalue weighted by Gasteiger charge is -2.04. The SMILES string of the molecule is COc1ccc(-c2ccc3cc(/C=C/c4ccc5cc(C=C(C#N)C#N)ccc5c4)ccc3c2)o1. The lowest BCUT2D eigenvalue weighted by molar-refractivity contribution is 0.309. The zero-order valence-corrected chi connectivity index (χ0v) is 19.0. The quantitative estimate of drug-likeness (QED) is 0.201. The van der Waals surface area contributed by atoms with Gasteiger partial charge in [-0.2, -0.15) is 10.5 Å². The van der Waals surface area contributed by atoms with Crippen molar-refractivity contribution in [3.63, 3.8) is 0 Å². The Kier molecular flexibility index (Phi) is 5.87. The van der Waals surface area contributed by atoms with Gasteiger partial charge in [-0.25, -0.2) is 0 Å². The Hall–Kier alpha value is -5.06. The smallest absolute Gasteiger partial charge is 0.284 e. The summed E-state index contributed by atoms with van der Waals surface area (Å²) in [6.07, 6.45) is 5.80. The lowest BCUT2D eigenvalue weighted by atomic mass is 10.0. The second kappa shape index (κ2) is 9.43. The van der Waals surface area contributed by atoms with Gasteiger partial charge < -0.3 is 9.15 Å². The van der Waals surface area contributed by atoms with Gasteiger partial charge in [0, 0.05) is 11.6 Å². The molecule has 0 atom stereocenters. The number of fused-ring (bicyclic) bond motifs is 2. The molecule has 5 aromatic rings. The highest BCUT2D eigenvalue weighted by Crippen LogP contribution is 2.29. The Morgan fingerprint density at radius 3 is 1.80 bits per heavy atom. The van der Waals surface area contributed by atoms with E-state index in [-0.39, 0.29) is 5.57 Å². The fraction of sp³-hybridized carbons (Fsp3) is 0.0323. The van der Waals surface area contributed by atoms with E-state index in [0.717, 1.165) is 49.6 Å². The van der Waals surface area contributed by atoms with Crippen LogP contribution in [-0.2, 0) is 0 Å². The first-order valence-electron chi connectivity index (χ1n) is 11.1. The summed E-state index contributed by atoms with van der Waals surface area (Å²) in [7, 11) is 1.59. The molecule has 0 saturated carbocycles. The molecule has 0 aliphatic carbocycles. The number of nitriles is 2. The maximum absolute atomic E-state index is 8.96. The van der Waals surface area contributed by atoms with E-state index in [1.54, 1.807) is 13.2 Å². The normalized spacial score (nSPS) is 10.8. The van der Waals surface area contributed by atoms with E-state index in [9.17, 15) is 0 Å². The van der Waals surface area contributed by atoms with E-state index in [0.29, 0.717) is 5.95 Å². The number of hydrogen-bond donors (Lipinski definition) is 0. The number of furan rings is 1. The third-order valence-electron chi connectivity index (χ3n) is 5.84. The number of allylic oxidation sites excluding steroid dienone is 1. The predicted molar refractivity (Wildman–Crippen MR) is 140 cm³/mol. The van der Waals surface area contributed by atoms with Gasteiger partial charge in [-0.1, -0.05) is 60.7 Å². The van der Waals surface area contributed by atoms with Crippen molar-refractivity contribution in [1.82, 2.24) is 0 Å². The standard InChI is InChI=1S/C31H20N2O2/c1-34-31-13-12-30(35-31)29-11-10-27-16-22(5-8-28(27)18-29)3-2-21-4-7-26-17-23(6-9-25(26)15-21)14-24(19-32)20-33/h2-18H,1H3/b3-2+. The third-order valence-corrected chi connectivity index (χ3v) is 5.84. The summed E-state index contributed by atoms with van der Waals surface area (Å²) in [4.78, 5) is 0. The van der Waals surface area contributed by atoms with Crippen LogP contribution < -0.4 is 4.74 Å². The zero-order valence-electron chi connectivity index (χ0n) is 19.0. The van der Waals surface area contributed by atoms with Crippen molar-refractivity contribution in [2.24, 2.45) is 0 Å². The monoisotopic (exact) mass is 452 g/mol. The molecule has 0 spiro atoms. The van der Waals surface area contributed by atoms with Crippen LogP contribution in [0.2, 0.25) is 0 Å². The van der Waals surface area contributed by atoms with Gasteiger partial charge in [0.15, 0.2) is 0 Å². The molecule has 0 amide bonds. The number of benzene rings is 4. The molecule has 1 heterocycles. The van der Waals surface area contributed by atoms with Crippen molar-refractivity contribution in [3.8, 4) is 29.4 Å². The van der Waals surface area contributed by atoms with E-state index in [1.165, 1.54) is 0 Å². The predicted octanol–water partition coefficient (Wildman–Crippen LogP) is 7.86. The van der Waals surface area contributed by atoms with Crippen LogP contribution in [0.3, 0.4) is 0 Å². The van der Waals surface area contributed by atoms with Crippen molar-refractivity contribution < 1.29 is 9.15 Å². The Bertz CT molecular complexity index is 1690. The summed E-state index contributed by atoms with van der Waals surface area (Å²) in [5, 5.41) is 22.4. The number of hydrogen-bond acceptors (Lipinski definition) is 4. The van der Waals surface area contributed by atoms with Gasteiger partial charge in [-0.05, 0) is 74.6 Å². The first kappa shape index (κ1) is 21.8.